The highest BCUT2D eigenvalue weighted by Crippen LogP contribution is 2.23. The van der Waals surface area contributed by atoms with E-state index in [1.54, 1.807) is 31.2 Å². The number of rotatable bonds is 9. The quantitative estimate of drug-likeness (QED) is 0.503. The van der Waals surface area contributed by atoms with Crippen molar-refractivity contribution in [2.75, 3.05) is 22.5 Å². The Labute approximate surface area is 177 Å². The summed E-state index contributed by atoms with van der Waals surface area (Å²) in [5.74, 6) is -0.405. The van der Waals surface area contributed by atoms with Gasteiger partial charge in [0.25, 0.3) is 5.91 Å². The van der Waals surface area contributed by atoms with Gasteiger partial charge >= 0.3 is 0 Å². The van der Waals surface area contributed by atoms with Gasteiger partial charge in [0.05, 0.1) is 6.54 Å². The van der Waals surface area contributed by atoms with Crippen molar-refractivity contribution in [3.63, 3.8) is 0 Å². The van der Waals surface area contributed by atoms with Crippen molar-refractivity contribution in [1.82, 2.24) is 5.32 Å². The van der Waals surface area contributed by atoms with Gasteiger partial charge in [-0.2, -0.15) is 0 Å². The molecule has 0 aliphatic carbocycles. The Morgan fingerprint density at radius 3 is 2.20 bits per heavy atom. The molecule has 0 aliphatic heterocycles. The van der Waals surface area contributed by atoms with Crippen molar-refractivity contribution in [3.8, 4) is 0 Å². The smallest absolute Gasteiger partial charge is 0.251 e. The van der Waals surface area contributed by atoms with Gasteiger partial charge in [0.1, 0.15) is 0 Å². The van der Waals surface area contributed by atoms with Crippen LogP contribution in [0.3, 0.4) is 0 Å². The summed E-state index contributed by atoms with van der Waals surface area (Å²) >= 11 is 0. The van der Waals surface area contributed by atoms with Crippen molar-refractivity contribution in [2.45, 2.75) is 46.6 Å². The van der Waals surface area contributed by atoms with Gasteiger partial charge in [-0.15, -0.1) is 0 Å². The minimum absolute atomic E-state index is 0.0609. The lowest BCUT2D eigenvalue weighted by atomic mass is 10.1. The second kappa shape index (κ2) is 11.0. The molecule has 3 amide bonds. The molecule has 0 bridgehead atoms. The largest absolute Gasteiger partial charge is 0.376 e. The van der Waals surface area contributed by atoms with Crippen molar-refractivity contribution in [2.24, 2.45) is 0 Å². The third kappa shape index (κ3) is 6.62. The van der Waals surface area contributed by atoms with Crippen LogP contribution in [0.5, 0.6) is 0 Å². The molecule has 30 heavy (non-hydrogen) atoms. The molecular weight excluding hydrogens is 380 g/mol. The molecule has 0 saturated carbocycles. The number of anilines is 3. The van der Waals surface area contributed by atoms with Gasteiger partial charge in [-0.25, -0.2) is 0 Å². The molecule has 0 spiro atoms. The van der Waals surface area contributed by atoms with E-state index in [-0.39, 0.29) is 30.3 Å². The van der Waals surface area contributed by atoms with Gasteiger partial charge < -0.3 is 21.3 Å². The van der Waals surface area contributed by atoms with Crippen LogP contribution in [-0.2, 0) is 9.59 Å². The maximum absolute atomic E-state index is 12.3. The standard InChI is InChI=1S/C23H30N4O3/c1-5-15(3)25-23(30)17-10-12-18(13-11-17)26-22(29)14-24-19-8-7-9-20(16(19)4)27-21(28)6-2/h7-13,15,24H,5-6,14H2,1-4H3,(H,25,30)(H,26,29)(H,27,28). The third-order valence-electron chi connectivity index (χ3n) is 4.79. The molecular formula is C23H30N4O3. The average Bonchev–Trinajstić information content (AvgIpc) is 2.74. The molecule has 0 fully saturated rings. The number of benzene rings is 2. The molecule has 0 aliphatic rings. The van der Waals surface area contributed by atoms with Crippen molar-refractivity contribution >= 4 is 34.8 Å². The summed E-state index contributed by atoms with van der Waals surface area (Å²) in [5.41, 5.74) is 3.52. The number of amides is 3. The molecule has 7 nitrogen and oxygen atoms in total. The first-order valence-corrected chi connectivity index (χ1v) is 10.2. The van der Waals surface area contributed by atoms with E-state index in [1.807, 2.05) is 39.0 Å². The number of carbonyl (C=O) groups excluding carboxylic acids is 3. The van der Waals surface area contributed by atoms with Crippen LogP contribution in [-0.4, -0.2) is 30.3 Å². The summed E-state index contributed by atoms with van der Waals surface area (Å²) in [4.78, 5) is 36.0. The number of carbonyl (C=O) groups is 3. The van der Waals surface area contributed by atoms with Crippen LogP contribution in [0.2, 0.25) is 0 Å². The van der Waals surface area contributed by atoms with Gasteiger partial charge in [0, 0.05) is 35.1 Å². The van der Waals surface area contributed by atoms with Gasteiger partial charge in [-0.05, 0) is 62.2 Å². The zero-order valence-corrected chi connectivity index (χ0v) is 18.0. The van der Waals surface area contributed by atoms with E-state index >= 15 is 0 Å². The van der Waals surface area contributed by atoms with E-state index in [0.29, 0.717) is 17.7 Å². The highest BCUT2D eigenvalue weighted by Gasteiger charge is 2.10. The summed E-state index contributed by atoms with van der Waals surface area (Å²) < 4.78 is 0. The number of hydrogen-bond acceptors (Lipinski definition) is 4. The second-order valence-corrected chi connectivity index (χ2v) is 7.14. The fourth-order valence-electron chi connectivity index (χ4n) is 2.70. The lowest BCUT2D eigenvalue weighted by molar-refractivity contribution is -0.116. The van der Waals surface area contributed by atoms with Crippen LogP contribution in [0.1, 0.15) is 49.5 Å². The Balaban J connectivity index is 1.91. The highest BCUT2D eigenvalue weighted by molar-refractivity contribution is 5.97. The molecule has 0 saturated heterocycles. The number of hydrogen-bond donors (Lipinski definition) is 4. The summed E-state index contributed by atoms with van der Waals surface area (Å²) in [5, 5.41) is 11.7. The van der Waals surface area contributed by atoms with E-state index in [9.17, 15) is 14.4 Å². The molecule has 0 radical (unpaired) electrons. The first-order chi connectivity index (χ1) is 14.3. The van der Waals surface area contributed by atoms with E-state index in [2.05, 4.69) is 21.3 Å². The predicted molar refractivity (Wildman–Crippen MR) is 121 cm³/mol. The topological polar surface area (TPSA) is 99.3 Å². The van der Waals surface area contributed by atoms with Crippen LogP contribution >= 0.6 is 0 Å². The lowest BCUT2D eigenvalue weighted by Gasteiger charge is -2.14. The molecule has 160 valence electrons. The Hall–Kier alpha value is -3.35. The average molecular weight is 411 g/mol. The Morgan fingerprint density at radius 1 is 0.900 bits per heavy atom. The minimum atomic E-state index is -0.214. The van der Waals surface area contributed by atoms with Crippen LogP contribution in [0, 0.1) is 6.92 Å². The van der Waals surface area contributed by atoms with E-state index in [1.165, 1.54) is 0 Å². The lowest BCUT2D eigenvalue weighted by Crippen LogP contribution is -2.31. The van der Waals surface area contributed by atoms with Gasteiger partial charge in [0.2, 0.25) is 11.8 Å². The molecule has 1 unspecified atom stereocenters. The normalized spacial score (nSPS) is 11.3. The fraction of sp³-hybridized carbons (Fsp3) is 0.348. The monoisotopic (exact) mass is 410 g/mol. The van der Waals surface area contributed by atoms with Crippen LogP contribution in [0.4, 0.5) is 17.1 Å². The SMILES string of the molecule is CCC(=O)Nc1cccc(NCC(=O)Nc2ccc(C(=O)NC(C)CC)cc2)c1C. The van der Waals surface area contributed by atoms with Crippen molar-refractivity contribution < 1.29 is 14.4 Å². The summed E-state index contributed by atoms with van der Waals surface area (Å²) in [6, 6.07) is 12.4. The van der Waals surface area contributed by atoms with Crippen LogP contribution < -0.4 is 21.3 Å². The van der Waals surface area contributed by atoms with E-state index < -0.39 is 0 Å². The molecule has 2 rings (SSSR count). The maximum Gasteiger partial charge on any atom is 0.251 e. The Kier molecular flexibility index (Phi) is 8.41. The Bertz CT molecular complexity index is 894. The maximum atomic E-state index is 12.3. The first kappa shape index (κ1) is 22.9. The fourth-order valence-corrected chi connectivity index (χ4v) is 2.70. The Morgan fingerprint density at radius 2 is 1.57 bits per heavy atom. The minimum Gasteiger partial charge on any atom is -0.376 e. The second-order valence-electron chi connectivity index (χ2n) is 7.14. The molecule has 4 N–H and O–H groups in total. The summed E-state index contributed by atoms with van der Waals surface area (Å²) in [6.45, 7) is 7.71. The van der Waals surface area contributed by atoms with E-state index in [4.69, 9.17) is 0 Å². The van der Waals surface area contributed by atoms with Crippen molar-refractivity contribution in [1.29, 1.82) is 0 Å². The number of nitrogens with one attached hydrogen (secondary N) is 4. The van der Waals surface area contributed by atoms with E-state index in [0.717, 1.165) is 23.4 Å². The molecule has 7 heteroatoms. The van der Waals surface area contributed by atoms with Crippen LogP contribution in [0.25, 0.3) is 0 Å². The molecule has 0 aromatic heterocycles. The van der Waals surface area contributed by atoms with Gasteiger partial charge in [-0.3, -0.25) is 14.4 Å². The highest BCUT2D eigenvalue weighted by atomic mass is 16.2. The molecule has 1 atom stereocenters. The summed E-state index contributed by atoms with van der Waals surface area (Å²) in [7, 11) is 0. The van der Waals surface area contributed by atoms with Gasteiger partial charge in [-0.1, -0.05) is 19.9 Å². The molecule has 0 heterocycles. The predicted octanol–water partition coefficient (Wildman–Crippen LogP) is 3.92. The third-order valence-corrected chi connectivity index (χ3v) is 4.79. The van der Waals surface area contributed by atoms with Gasteiger partial charge in [0.15, 0.2) is 0 Å². The zero-order chi connectivity index (χ0) is 22.1. The van der Waals surface area contributed by atoms with Crippen LogP contribution in [0.15, 0.2) is 42.5 Å². The zero-order valence-electron chi connectivity index (χ0n) is 18.0. The molecule has 2 aromatic carbocycles. The molecule has 2 aromatic rings. The van der Waals surface area contributed by atoms with Crippen molar-refractivity contribution in [3.05, 3.63) is 53.6 Å². The first-order valence-electron chi connectivity index (χ1n) is 10.2. The summed E-state index contributed by atoms with van der Waals surface area (Å²) in [6.07, 6.45) is 1.26.